The Morgan fingerprint density at radius 2 is 1.75 bits per heavy atom. The Bertz CT molecular complexity index is 1210. The first-order valence-electron chi connectivity index (χ1n) is 7.09. The lowest BCUT2D eigenvalue weighted by Gasteiger charge is -2.06. The highest BCUT2D eigenvalue weighted by Crippen LogP contribution is 2.19. The zero-order valence-corrected chi connectivity index (χ0v) is 12.2. The molecule has 0 spiro atoms. The molecule has 0 aliphatic heterocycles. The van der Waals surface area contributed by atoms with Gasteiger partial charge in [0.25, 0.3) is 0 Å². The highest BCUT2D eigenvalue weighted by molar-refractivity contribution is 5.80. The zero-order chi connectivity index (χ0) is 16.8. The molecule has 2 heterocycles. The van der Waals surface area contributed by atoms with Crippen molar-refractivity contribution in [1.82, 2.24) is 19.2 Å². The number of fused-ring (bicyclic) bond motifs is 3. The van der Waals surface area contributed by atoms with Crippen LogP contribution >= 0.6 is 0 Å². The number of imidazole rings is 1. The van der Waals surface area contributed by atoms with Gasteiger partial charge in [0.05, 0.1) is 17.6 Å². The molecule has 6 nitrogen and oxygen atoms in total. The van der Waals surface area contributed by atoms with Crippen LogP contribution in [0.4, 0.5) is 8.78 Å². The molecule has 0 bridgehead atoms. The minimum atomic E-state index is -0.952. The maximum Gasteiger partial charge on any atom is 0.330 e. The van der Waals surface area contributed by atoms with E-state index < -0.39 is 22.8 Å². The summed E-state index contributed by atoms with van der Waals surface area (Å²) in [5.41, 5.74) is 0.0746. The molecular formula is C16H10F2N4O2. The molecule has 2 aromatic heterocycles. The number of nitrogens with zero attached hydrogens (tertiary/aromatic N) is 3. The maximum atomic E-state index is 13.5. The summed E-state index contributed by atoms with van der Waals surface area (Å²) in [6.45, 7) is 0.159. The summed E-state index contributed by atoms with van der Waals surface area (Å²) in [6.07, 6.45) is 0. The molecule has 0 unspecified atom stereocenters. The van der Waals surface area contributed by atoms with E-state index in [1.54, 1.807) is 28.8 Å². The number of halogens is 2. The maximum absolute atomic E-state index is 13.5. The third-order valence-corrected chi connectivity index (χ3v) is 3.83. The highest BCUT2D eigenvalue weighted by Gasteiger charge is 2.15. The Kier molecular flexibility index (Phi) is 3.05. The smallest absolute Gasteiger partial charge is 0.304 e. The minimum absolute atomic E-state index is 0.159. The quantitative estimate of drug-likeness (QED) is 0.569. The van der Waals surface area contributed by atoms with Gasteiger partial charge in [0.15, 0.2) is 11.6 Å². The van der Waals surface area contributed by atoms with E-state index in [1.807, 2.05) is 0 Å². The summed E-state index contributed by atoms with van der Waals surface area (Å²) < 4.78 is 29.4. The summed E-state index contributed by atoms with van der Waals surface area (Å²) in [6, 6.07) is 10.5. The van der Waals surface area contributed by atoms with E-state index in [1.165, 1.54) is 10.5 Å². The summed E-state index contributed by atoms with van der Waals surface area (Å²) in [4.78, 5) is 23.7. The molecule has 120 valence electrons. The first-order valence-corrected chi connectivity index (χ1v) is 7.09. The molecule has 0 fully saturated rings. The number of aromatic nitrogens is 4. The molecule has 24 heavy (non-hydrogen) atoms. The normalized spacial score (nSPS) is 11.4. The fourth-order valence-corrected chi connectivity index (χ4v) is 2.75. The van der Waals surface area contributed by atoms with Crippen LogP contribution in [0.2, 0.25) is 0 Å². The standard InChI is InChI=1S/C16H10F2N4O2/c17-10-6-5-9(7-11(10)18)8-21-12-3-1-2-4-13(12)22-15(24)14(23)19-20-16(21)22/h1-7H,8H2,(H,19,23). The van der Waals surface area contributed by atoms with Crippen molar-refractivity contribution in [3.05, 3.63) is 80.4 Å². The molecule has 8 heteroatoms. The van der Waals surface area contributed by atoms with Crippen molar-refractivity contribution in [3.63, 3.8) is 0 Å². The van der Waals surface area contributed by atoms with Crippen LogP contribution in [0.5, 0.6) is 0 Å². The average Bonchev–Trinajstić information content (AvgIpc) is 2.89. The third-order valence-electron chi connectivity index (χ3n) is 3.83. The summed E-state index contributed by atoms with van der Waals surface area (Å²) in [5.74, 6) is -1.67. The molecule has 0 radical (unpaired) electrons. The monoisotopic (exact) mass is 328 g/mol. The molecule has 0 atom stereocenters. The Balaban J connectivity index is 2.03. The van der Waals surface area contributed by atoms with E-state index >= 15 is 0 Å². The van der Waals surface area contributed by atoms with E-state index in [0.29, 0.717) is 16.6 Å². The third kappa shape index (κ3) is 2.03. The predicted octanol–water partition coefficient (Wildman–Crippen LogP) is 1.66. The summed E-state index contributed by atoms with van der Waals surface area (Å²) >= 11 is 0. The van der Waals surface area contributed by atoms with Crippen LogP contribution in [-0.4, -0.2) is 19.2 Å². The van der Waals surface area contributed by atoms with Crippen molar-refractivity contribution in [2.75, 3.05) is 0 Å². The van der Waals surface area contributed by atoms with Gasteiger partial charge in [0, 0.05) is 0 Å². The fraction of sp³-hybridized carbons (Fsp3) is 0.0625. The van der Waals surface area contributed by atoms with E-state index in [2.05, 4.69) is 10.2 Å². The van der Waals surface area contributed by atoms with E-state index in [-0.39, 0.29) is 12.3 Å². The van der Waals surface area contributed by atoms with E-state index in [9.17, 15) is 18.4 Å². The fourth-order valence-electron chi connectivity index (χ4n) is 2.75. The summed E-state index contributed by atoms with van der Waals surface area (Å²) in [7, 11) is 0. The Hall–Kier alpha value is -3.29. The molecule has 4 rings (SSSR count). The van der Waals surface area contributed by atoms with Crippen LogP contribution in [0.15, 0.2) is 52.1 Å². The van der Waals surface area contributed by atoms with Gasteiger partial charge in [-0.3, -0.25) is 9.59 Å². The second kappa shape index (κ2) is 5.12. The van der Waals surface area contributed by atoms with Crippen molar-refractivity contribution in [3.8, 4) is 0 Å². The SMILES string of the molecule is O=c1[nH]nc2n(Cc3ccc(F)c(F)c3)c3ccccc3n2c1=O. The van der Waals surface area contributed by atoms with Gasteiger partial charge in [-0.1, -0.05) is 18.2 Å². The summed E-state index contributed by atoms with van der Waals surface area (Å²) in [5, 5.41) is 6.09. The molecule has 0 saturated carbocycles. The molecule has 0 saturated heterocycles. The van der Waals surface area contributed by atoms with Crippen LogP contribution in [0.1, 0.15) is 5.56 Å². The lowest BCUT2D eigenvalue weighted by Crippen LogP contribution is -2.33. The van der Waals surface area contributed by atoms with Crippen LogP contribution in [-0.2, 0) is 6.54 Å². The lowest BCUT2D eigenvalue weighted by atomic mass is 10.2. The topological polar surface area (TPSA) is 72.2 Å². The molecule has 0 aliphatic carbocycles. The van der Waals surface area contributed by atoms with Crippen molar-refractivity contribution in [2.24, 2.45) is 0 Å². The largest absolute Gasteiger partial charge is 0.330 e. The van der Waals surface area contributed by atoms with E-state index in [0.717, 1.165) is 12.1 Å². The second-order valence-electron chi connectivity index (χ2n) is 5.32. The van der Waals surface area contributed by atoms with Gasteiger partial charge in [-0.15, -0.1) is 5.10 Å². The Morgan fingerprint density at radius 1 is 1.00 bits per heavy atom. The van der Waals surface area contributed by atoms with Gasteiger partial charge in [-0.25, -0.2) is 18.3 Å². The Morgan fingerprint density at radius 3 is 2.50 bits per heavy atom. The number of hydrogen-bond donors (Lipinski definition) is 1. The molecular weight excluding hydrogens is 318 g/mol. The molecule has 2 aromatic carbocycles. The first kappa shape index (κ1) is 14.3. The van der Waals surface area contributed by atoms with Gasteiger partial charge in [-0.05, 0) is 29.8 Å². The molecule has 0 amide bonds. The number of nitrogens with one attached hydrogen (secondary N) is 1. The van der Waals surface area contributed by atoms with Crippen molar-refractivity contribution in [1.29, 1.82) is 0 Å². The van der Waals surface area contributed by atoms with Crippen LogP contribution in [0.25, 0.3) is 16.8 Å². The van der Waals surface area contributed by atoms with Crippen LogP contribution in [0.3, 0.4) is 0 Å². The van der Waals surface area contributed by atoms with Gasteiger partial charge < -0.3 is 4.57 Å². The van der Waals surface area contributed by atoms with Crippen molar-refractivity contribution in [2.45, 2.75) is 6.54 Å². The molecule has 4 aromatic rings. The lowest BCUT2D eigenvalue weighted by molar-refractivity contribution is 0.506. The van der Waals surface area contributed by atoms with Gasteiger partial charge in [-0.2, -0.15) is 0 Å². The number of hydrogen-bond acceptors (Lipinski definition) is 3. The van der Waals surface area contributed by atoms with Gasteiger partial charge >= 0.3 is 11.1 Å². The number of aromatic amines is 1. The minimum Gasteiger partial charge on any atom is -0.304 e. The van der Waals surface area contributed by atoms with Gasteiger partial charge in [0.1, 0.15) is 0 Å². The highest BCUT2D eigenvalue weighted by atomic mass is 19.2. The second-order valence-corrected chi connectivity index (χ2v) is 5.32. The molecule has 1 N–H and O–H groups in total. The number of rotatable bonds is 2. The number of H-pyrrole nitrogens is 1. The van der Waals surface area contributed by atoms with Gasteiger partial charge in [0.2, 0.25) is 5.78 Å². The van der Waals surface area contributed by atoms with Crippen LogP contribution in [0, 0.1) is 11.6 Å². The predicted molar refractivity (Wildman–Crippen MR) is 83.0 cm³/mol. The van der Waals surface area contributed by atoms with Crippen LogP contribution < -0.4 is 11.1 Å². The van der Waals surface area contributed by atoms with Crippen molar-refractivity contribution < 1.29 is 8.78 Å². The number of benzene rings is 2. The average molecular weight is 328 g/mol. The molecule has 0 aliphatic rings. The Labute approximate surface area is 132 Å². The van der Waals surface area contributed by atoms with Crippen molar-refractivity contribution >= 4 is 16.8 Å². The number of para-hydroxylation sites is 2. The zero-order valence-electron chi connectivity index (χ0n) is 12.2. The first-order chi connectivity index (χ1) is 11.6. The van der Waals surface area contributed by atoms with E-state index in [4.69, 9.17) is 0 Å².